The molecule has 0 rings (SSSR count). The number of likely N-dealkylation sites (N-methyl/N-ethyl adjacent to an activating group) is 1. The van der Waals surface area contributed by atoms with Gasteiger partial charge in [-0.1, -0.05) is 6.92 Å². The van der Waals surface area contributed by atoms with Crippen molar-refractivity contribution in [2.75, 3.05) is 7.05 Å². The highest BCUT2D eigenvalue weighted by Gasteiger charge is 2.17. The number of nitrogens with two attached hydrogens (primary N) is 1. The number of nitrogens with zero attached hydrogens (tertiary/aromatic N) is 1. The Hall–Kier alpha value is -0.570. The van der Waals surface area contributed by atoms with Gasteiger partial charge in [0.05, 0.1) is 6.04 Å². The molecule has 0 bridgehead atoms. The van der Waals surface area contributed by atoms with Crippen LogP contribution in [-0.2, 0) is 4.79 Å². The SMILES string of the molecule is CCC(N)C(=O)N(C)C(C)C. The Balaban J connectivity index is 4.02. The maximum absolute atomic E-state index is 11.3. The molecule has 0 saturated heterocycles. The van der Waals surface area contributed by atoms with E-state index in [-0.39, 0.29) is 18.0 Å². The number of carbonyl (C=O) groups excluding carboxylic acids is 1. The molecule has 0 aliphatic carbocycles. The molecule has 11 heavy (non-hydrogen) atoms. The van der Waals surface area contributed by atoms with E-state index in [0.717, 1.165) is 0 Å². The Kier molecular flexibility index (Phi) is 4.11. The summed E-state index contributed by atoms with van der Waals surface area (Å²) in [6.45, 7) is 5.86. The molecular weight excluding hydrogens is 140 g/mol. The van der Waals surface area contributed by atoms with Crippen LogP contribution in [0.4, 0.5) is 0 Å². The van der Waals surface area contributed by atoms with Crippen molar-refractivity contribution in [2.45, 2.75) is 39.3 Å². The van der Waals surface area contributed by atoms with Gasteiger partial charge in [-0.25, -0.2) is 0 Å². The van der Waals surface area contributed by atoms with Crippen molar-refractivity contribution in [1.29, 1.82) is 0 Å². The predicted molar refractivity (Wildman–Crippen MR) is 46.2 cm³/mol. The third kappa shape index (κ3) is 2.89. The lowest BCUT2D eigenvalue weighted by atomic mass is 10.2. The number of carbonyl (C=O) groups is 1. The Morgan fingerprint density at radius 3 is 2.27 bits per heavy atom. The lowest BCUT2D eigenvalue weighted by Gasteiger charge is -2.24. The number of hydrogen-bond donors (Lipinski definition) is 1. The minimum Gasteiger partial charge on any atom is -0.342 e. The first-order chi connectivity index (χ1) is 5.00. The van der Waals surface area contributed by atoms with Crippen LogP contribution in [0.25, 0.3) is 0 Å². The first-order valence-electron chi connectivity index (χ1n) is 4.03. The van der Waals surface area contributed by atoms with Crippen LogP contribution in [0.2, 0.25) is 0 Å². The van der Waals surface area contributed by atoms with Crippen LogP contribution in [0.15, 0.2) is 0 Å². The average Bonchev–Trinajstić information content (AvgIpc) is 2.00. The monoisotopic (exact) mass is 158 g/mol. The summed E-state index contributed by atoms with van der Waals surface area (Å²) in [5.41, 5.74) is 5.56. The standard InChI is InChI=1S/C8H18N2O/c1-5-7(9)8(11)10(4)6(2)3/h6-7H,5,9H2,1-4H3. The van der Waals surface area contributed by atoms with Gasteiger partial charge in [-0.2, -0.15) is 0 Å². The summed E-state index contributed by atoms with van der Waals surface area (Å²) >= 11 is 0. The van der Waals surface area contributed by atoms with Crippen molar-refractivity contribution in [2.24, 2.45) is 5.73 Å². The summed E-state index contributed by atoms with van der Waals surface area (Å²) in [6, 6.07) is -0.0949. The van der Waals surface area contributed by atoms with E-state index < -0.39 is 0 Å². The quantitative estimate of drug-likeness (QED) is 0.653. The minimum atomic E-state index is -0.331. The summed E-state index contributed by atoms with van der Waals surface area (Å²) in [5.74, 6) is 0.0301. The number of rotatable bonds is 3. The van der Waals surface area contributed by atoms with E-state index >= 15 is 0 Å². The van der Waals surface area contributed by atoms with Crippen LogP contribution in [-0.4, -0.2) is 29.9 Å². The second-order valence-corrected chi connectivity index (χ2v) is 3.06. The van der Waals surface area contributed by atoms with E-state index in [1.165, 1.54) is 0 Å². The van der Waals surface area contributed by atoms with Gasteiger partial charge in [0.1, 0.15) is 0 Å². The first kappa shape index (κ1) is 10.4. The van der Waals surface area contributed by atoms with Crippen LogP contribution in [0.1, 0.15) is 27.2 Å². The van der Waals surface area contributed by atoms with Crippen molar-refractivity contribution in [3.8, 4) is 0 Å². The largest absolute Gasteiger partial charge is 0.342 e. The molecule has 3 heteroatoms. The fourth-order valence-corrected chi connectivity index (χ4v) is 0.691. The lowest BCUT2D eigenvalue weighted by Crippen LogP contribution is -2.44. The Bertz CT molecular complexity index is 134. The molecule has 0 fully saturated rings. The van der Waals surface area contributed by atoms with Gasteiger partial charge < -0.3 is 10.6 Å². The maximum atomic E-state index is 11.3. The van der Waals surface area contributed by atoms with E-state index in [1.807, 2.05) is 20.8 Å². The summed E-state index contributed by atoms with van der Waals surface area (Å²) in [7, 11) is 1.78. The second-order valence-electron chi connectivity index (χ2n) is 3.06. The average molecular weight is 158 g/mol. The molecule has 0 aliphatic heterocycles. The fourth-order valence-electron chi connectivity index (χ4n) is 0.691. The smallest absolute Gasteiger partial charge is 0.239 e. The van der Waals surface area contributed by atoms with Crippen LogP contribution in [0.5, 0.6) is 0 Å². The predicted octanol–water partition coefficient (Wildman–Crippen LogP) is 0.590. The number of hydrogen-bond acceptors (Lipinski definition) is 2. The van der Waals surface area contributed by atoms with Crippen molar-refractivity contribution in [1.82, 2.24) is 4.90 Å². The van der Waals surface area contributed by atoms with Gasteiger partial charge in [-0.05, 0) is 20.3 Å². The zero-order valence-electron chi connectivity index (χ0n) is 7.79. The van der Waals surface area contributed by atoms with Crippen LogP contribution < -0.4 is 5.73 Å². The molecule has 0 saturated carbocycles. The molecular formula is C8H18N2O. The molecule has 0 spiro atoms. The Morgan fingerprint density at radius 2 is 2.00 bits per heavy atom. The van der Waals surface area contributed by atoms with E-state index in [9.17, 15) is 4.79 Å². The van der Waals surface area contributed by atoms with Crippen molar-refractivity contribution < 1.29 is 4.79 Å². The summed E-state index contributed by atoms with van der Waals surface area (Å²) in [6.07, 6.45) is 0.704. The van der Waals surface area contributed by atoms with Crippen LogP contribution in [0.3, 0.4) is 0 Å². The van der Waals surface area contributed by atoms with Gasteiger partial charge >= 0.3 is 0 Å². The summed E-state index contributed by atoms with van der Waals surface area (Å²) in [5, 5.41) is 0. The van der Waals surface area contributed by atoms with E-state index in [4.69, 9.17) is 5.73 Å². The Morgan fingerprint density at radius 1 is 1.55 bits per heavy atom. The van der Waals surface area contributed by atoms with Crippen molar-refractivity contribution >= 4 is 5.91 Å². The van der Waals surface area contributed by atoms with Gasteiger partial charge in [0.15, 0.2) is 0 Å². The molecule has 2 N–H and O–H groups in total. The molecule has 0 aromatic rings. The second kappa shape index (κ2) is 4.34. The molecule has 3 nitrogen and oxygen atoms in total. The molecule has 1 amide bonds. The molecule has 0 aromatic carbocycles. The van der Waals surface area contributed by atoms with E-state index in [2.05, 4.69) is 0 Å². The molecule has 0 heterocycles. The number of amides is 1. The van der Waals surface area contributed by atoms with Crippen LogP contribution >= 0.6 is 0 Å². The molecule has 1 atom stereocenters. The highest BCUT2D eigenvalue weighted by atomic mass is 16.2. The first-order valence-corrected chi connectivity index (χ1v) is 4.03. The van der Waals surface area contributed by atoms with Gasteiger partial charge in [0.25, 0.3) is 0 Å². The third-order valence-electron chi connectivity index (χ3n) is 1.88. The van der Waals surface area contributed by atoms with E-state index in [0.29, 0.717) is 6.42 Å². The van der Waals surface area contributed by atoms with Crippen molar-refractivity contribution in [3.63, 3.8) is 0 Å². The topological polar surface area (TPSA) is 46.3 Å². The summed E-state index contributed by atoms with van der Waals surface area (Å²) < 4.78 is 0. The van der Waals surface area contributed by atoms with Gasteiger partial charge in [0, 0.05) is 13.1 Å². The van der Waals surface area contributed by atoms with Gasteiger partial charge in [-0.3, -0.25) is 4.79 Å². The molecule has 66 valence electrons. The highest BCUT2D eigenvalue weighted by molar-refractivity contribution is 5.81. The van der Waals surface area contributed by atoms with Gasteiger partial charge in [-0.15, -0.1) is 0 Å². The zero-order valence-corrected chi connectivity index (χ0v) is 7.79. The van der Waals surface area contributed by atoms with Crippen LogP contribution in [0, 0.1) is 0 Å². The third-order valence-corrected chi connectivity index (χ3v) is 1.88. The maximum Gasteiger partial charge on any atom is 0.239 e. The fraction of sp³-hybridized carbons (Fsp3) is 0.875. The molecule has 0 aromatic heterocycles. The zero-order chi connectivity index (χ0) is 9.02. The van der Waals surface area contributed by atoms with Crippen molar-refractivity contribution in [3.05, 3.63) is 0 Å². The Labute approximate surface area is 68.6 Å². The lowest BCUT2D eigenvalue weighted by molar-refractivity contribution is -0.132. The van der Waals surface area contributed by atoms with Gasteiger partial charge in [0.2, 0.25) is 5.91 Å². The normalized spacial score (nSPS) is 13.3. The van der Waals surface area contributed by atoms with E-state index in [1.54, 1.807) is 11.9 Å². The summed E-state index contributed by atoms with van der Waals surface area (Å²) in [4.78, 5) is 13.0. The minimum absolute atomic E-state index is 0.0301. The molecule has 0 radical (unpaired) electrons. The highest BCUT2D eigenvalue weighted by Crippen LogP contribution is 1.98. The molecule has 1 unspecified atom stereocenters. The molecule has 0 aliphatic rings.